The topological polar surface area (TPSA) is 60.3 Å². The summed E-state index contributed by atoms with van der Waals surface area (Å²) < 4.78 is 48.7. The van der Waals surface area contributed by atoms with Gasteiger partial charge in [0.25, 0.3) is 5.56 Å². The number of rotatable bonds is 8. The molecule has 170 valence electrons. The summed E-state index contributed by atoms with van der Waals surface area (Å²) in [5.41, 5.74) is -0.218. The van der Waals surface area contributed by atoms with E-state index in [1.165, 1.54) is 45.1 Å². The van der Waals surface area contributed by atoms with Gasteiger partial charge in [0.2, 0.25) is 5.91 Å². The zero-order valence-corrected chi connectivity index (χ0v) is 19.4. The van der Waals surface area contributed by atoms with Crippen LogP contribution in [-0.4, -0.2) is 23.6 Å². The number of para-hydroxylation sites is 1. The molecule has 0 radical (unpaired) electrons. The lowest BCUT2D eigenvalue weighted by molar-refractivity contribution is -0.118. The van der Waals surface area contributed by atoms with Crippen LogP contribution in [0.1, 0.15) is 19.5 Å². The van der Waals surface area contributed by atoms with Crippen molar-refractivity contribution in [3.63, 3.8) is 0 Å². The Hall–Kier alpha value is -3.07. The van der Waals surface area contributed by atoms with Gasteiger partial charge in [-0.1, -0.05) is 18.7 Å². The van der Waals surface area contributed by atoms with Gasteiger partial charge in [0.15, 0.2) is 0 Å². The second kappa shape index (κ2) is 11.0. The maximum absolute atomic E-state index is 14.2. The first-order valence-electron chi connectivity index (χ1n) is 9.51. The van der Waals surface area contributed by atoms with Crippen LogP contribution in [-0.2, 0) is 4.79 Å². The Morgan fingerprint density at radius 3 is 2.50 bits per heavy atom. The number of aromatic nitrogens is 1. The fourth-order valence-electron chi connectivity index (χ4n) is 2.77. The van der Waals surface area contributed by atoms with Crippen LogP contribution in [0.4, 0.5) is 13.2 Å². The average Bonchev–Trinajstić information content (AvgIpc) is 2.74. The van der Waals surface area contributed by atoms with Crippen molar-refractivity contribution >= 4 is 21.8 Å². The van der Waals surface area contributed by atoms with E-state index in [0.29, 0.717) is 11.1 Å². The molecule has 0 saturated heterocycles. The Bertz CT molecular complexity index is 1150. The van der Waals surface area contributed by atoms with Gasteiger partial charge in [-0.2, -0.15) is 0 Å². The minimum absolute atomic E-state index is 0.0349. The molecule has 1 N–H and O–H groups in total. The first kappa shape index (κ1) is 25.2. The lowest BCUT2D eigenvalue weighted by atomic mass is 10.1. The van der Waals surface area contributed by atoms with E-state index >= 15 is 0 Å². The van der Waals surface area contributed by atoms with Crippen LogP contribution in [0.15, 0.2) is 69.2 Å². The number of aryl methyl sites for hydroxylation is 1. The van der Waals surface area contributed by atoms with Crippen molar-refractivity contribution in [2.75, 3.05) is 13.2 Å². The molecule has 2 aromatic rings. The van der Waals surface area contributed by atoms with E-state index in [1.54, 1.807) is 0 Å². The Kier molecular flexibility index (Phi) is 8.65. The Morgan fingerprint density at radius 1 is 1.31 bits per heavy atom. The van der Waals surface area contributed by atoms with Crippen LogP contribution >= 0.6 is 15.9 Å². The van der Waals surface area contributed by atoms with Crippen molar-refractivity contribution < 1.29 is 22.7 Å². The summed E-state index contributed by atoms with van der Waals surface area (Å²) in [4.78, 5) is 24.0. The van der Waals surface area contributed by atoms with Gasteiger partial charge >= 0.3 is 0 Å². The summed E-state index contributed by atoms with van der Waals surface area (Å²) in [6, 6.07) is 4.75. The number of nitrogens with zero attached hydrogens (tertiary/aromatic N) is 1. The minimum atomic E-state index is -0.886. The molecule has 0 unspecified atom stereocenters. The number of carbonyl (C=O) groups is 1. The van der Waals surface area contributed by atoms with Crippen molar-refractivity contribution in [2.45, 2.75) is 20.8 Å². The number of nitrogens with one attached hydrogen (secondary N) is 1. The number of ether oxygens (including phenoxy) is 1. The summed E-state index contributed by atoms with van der Waals surface area (Å²) in [5.74, 6) is -2.47. The molecule has 2 rings (SSSR count). The number of carbonyl (C=O) groups excluding carboxylic acids is 1. The molecule has 32 heavy (non-hydrogen) atoms. The Balaban J connectivity index is 2.34. The summed E-state index contributed by atoms with van der Waals surface area (Å²) in [5, 5.41) is 2.57. The quantitative estimate of drug-likeness (QED) is 0.505. The van der Waals surface area contributed by atoms with Crippen molar-refractivity contribution in [3.05, 3.63) is 92.1 Å². The van der Waals surface area contributed by atoms with E-state index < -0.39 is 28.7 Å². The Morgan fingerprint density at radius 2 is 1.94 bits per heavy atom. The zero-order chi connectivity index (χ0) is 24.0. The number of amides is 1. The fourth-order valence-corrected chi connectivity index (χ4v) is 3.18. The lowest BCUT2D eigenvalue weighted by Crippen LogP contribution is -2.25. The van der Waals surface area contributed by atoms with Crippen molar-refractivity contribution in [2.24, 2.45) is 0 Å². The molecule has 0 spiro atoms. The zero-order valence-electron chi connectivity index (χ0n) is 17.8. The van der Waals surface area contributed by atoms with Crippen LogP contribution in [0, 0.1) is 18.6 Å². The van der Waals surface area contributed by atoms with Gasteiger partial charge in [-0.3, -0.25) is 14.2 Å². The van der Waals surface area contributed by atoms with Gasteiger partial charge in [-0.15, -0.1) is 0 Å². The molecule has 0 saturated carbocycles. The maximum atomic E-state index is 14.2. The summed E-state index contributed by atoms with van der Waals surface area (Å²) in [7, 11) is 0. The van der Waals surface area contributed by atoms with Gasteiger partial charge < -0.3 is 10.1 Å². The number of hydrogen-bond donors (Lipinski definition) is 1. The highest BCUT2D eigenvalue weighted by atomic mass is 79.9. The van der Waals surface area contributed by atoms with Crippen molar-refractivity contribution in [1.82, 2.24) is 9.88 Å². The van der Waals surface area contributed by atoms with E-state index in [0.717, 1.165) is 16.7 Å². The summed E-state index contributed by atoms with van der Waals surface area (Å²) >= 11 is 3.13. The van der Waals surface area contributed by atoms with Crippen molar-refractivity contribution in [1.29, 1.82) is 0 Å². The molecule has 0 aliphatic rings. The number of allylic oxidation sites excluding steroid dienone is 3. The highest BCUT2D eigenvalue weighted by Crippen LogP contribution is 2.26. The van der Waals surface area contributed by atoms with E-state index in [4.69, 9.17) is 4.74 Å². The largest absolute Gasteiger partial charge is 0.487 e. The van der Waals surface area contributed by atoms with E-state index in [2.05, 4.69) is 27.8 Å². The predicted molar refractivity (Wildman–Crippen MR) is 121 cm³/mol. The normalized spacial score (nSPS) is 12.0. The van der Waals surface area contributed by atoms with Gasteiger partial charge in [0, 0.05) is 25.2 Å². The number of pyridine rings is 1. The average molecular weight is 511 g/mol. The third-order valence-corrected chi connectivity index (χ3v) is 5.16. The van der Waals surface area contributed by atoms with Crippen LogP contribution in [0.3, 0.4) is 0 Å². The van der Waals surface area contributed by atoms with E-state index in [1.807, 2.05) is 0 Å². The first-order valence-corrected chi connectivity index (χ1v) is 10.3. The lowest BCUT2D eigenvalue weighted by Gasteiger charge is -2.17. The molecule has 0 fully saturated rings. The highest BCUT2D eigenvalue weighted by Gasteiger charge is 2.19. The minimum Gasteiger partial charge on any atom is -0.487 e. The molecule has 1 aromatic heterocycles. The van der Waals surface area contributed by atoms with Crippen molar-refractivity contribution in [3.8, 4) is 11.4 Å². The highest BCUT2D eigenvalue weighted by molar-refractivity contribution is 9.10. The molecule has 5 nitrogen and oxygen atoms in total. The van der Waals surface area contributed by atoms with Gasteiger partial charge in [-0.25, -0.2) is 13.2 Å². The van der Waals surface area contributed by atoms with Gasteiger partial charge in [0.1, 0.15) is 40.0 Å². The first-order chi connectivity index (χ1) is 15.1. The molecule has 1 amide bonds. The molecule has 0 bridgehead atoms. The third-order valence-electron chi connectivity index (χ3n) is 4.43. The number of hydrogen-bond acceptors (Lipinski definition) is 3. The van der Waals surface area contributed by atoms with Crippen LogP contribution in [0.2, 0.25) is 0 Å². The molecular weight excluding hydrogens is 489 g/mol. The molecule has 1 heterocycles. The maximum Gasteiger partial charge on any atom is 0.273 e. The second-order valence-corrected chi connectivity index (χ2v) is 7.61. The standard InChI is InChI=1S/C23H22BrF3N2O3/c1-5-17(25)10-16(11-28-15(4)30)13(2)12-32-20-9-14(3)29(23(31)21(20)24)22-18(26)7-6-8-19(22)27/h5-10H,2,11-12H2,1,3-4H3,(H,28,30)/b16-10-,17-5+. The molecule has 0 aliphatic heterocycles. The second-order valence-electron chi connectivity index (χ2n) is 6.82. The van der Waals surface area contributed by atoms with E-state index in [-0.39, 0.29) is 35.0 Å². The Labute approximate surface area is 192 Å². The molecule has 0 aliphatic carbocycles. The van der Waals surface area contributed by atoms with Crippen LogP contribution in [0.5, 0.6) is 5.75 Å². The molecule has 1 aromatic carbocycles. The van der Waals surface area contributed by atoms with E-state index in [9.17, 15) is 22.8 Å². The van der Waals surface area contributed by atoms with Crippen LogP contribution < -0.4 is 15.6 Å². The van der Waals surface area contributed by atoms with Crippen LogP contribution in [0.25, 0.3) is 5.69 Å². The summed E-state index contributed by atoms with van der Waals surface area (Å²) in [6.45, 7) is 8.13. The fraction of sp³-hybridized carbons (Fsp3) is 0.217. The van der Waals surface area contributed by atoms with Gasteiger partial charge in [0.05, 0.1) is 0 Å². The molecular formula is C23H22BrF3N2O3. The van der Waals surface area contributed by atoms with Gasteiger partial charge in [-0.05, 0) is 59.1 Å². The predicted octanol–water partition coefficient (Wildman–Crippen LogP) is 5.06. The summed E-state index contributed by atoms with van der Waals surface area (Å²) in [6.07, 6.45) is 2.48. The molecule has 0 atom stereocenters. The smallest absolute Gasteiger partial charge is 0.273 e. The monoisotopic (exact) mass is 510 g/mol. The SMILES string of the molecule is C=C(COc1cc(C)n(-c2c(F)cccc2F)c(=O)c1Br)/C(=C\C(F)=C/C)CNC(C)=O. The number of benzene rings is 1. The third kappa shape index (κ3) is 6.00. The molecule has 9 heteroatoms. The number of halogens is 4.